The van der Waals surface area contributed by atoms with Crippen LogP contribution in [0.3, 0.4) is 0 Å². The molecule has 64 heavy (non-hydrogen) atoms. The molecule has 15 heteroatoms. The van der Waals surface area contributed by atoms with E-state index in [9.17, 15) is 14.3 Å². The number of fused-ring (bicyclic) bond motifs is 6. The molecule has 1 saturated heterocycles. The first-order chi connectivity index (χ1) is 31.1. The molecule has 6 heterocycles. The van der Waals surface area contributed by atoms with Gasteiger partial charge in [-0.2, -0.15) is 0 Å². The summed E-state index contributed by atoms with van der Waals surface area (Å²) in [6, 6.07) is 25.7. The summed E-state index contributed by atoms with van der Waals surface area (Å²) in [6.07, 6.45) is 1.63. The molecule has 3 aliphatic heterocycles. The second-order valence-corrected chi connectivity index (χ2v) is 17.6. The van der Waals surface area contributed by atoms with Crippen LogP contribution in [-0.2, 0) is 30.9 Å². The molecule has 0 aliphatic carbocycles. The summed E-state index contributed by atoms with van der Waals surface area (Å²) >= 11 is 8.79. The largest absolute Gasteiger partial charge is 0.496 e. The van der Waals surface area contributed by atoms with E-state index >= 15 is 0 Å². The van der Waals surface area contributed by atoms with Crippen LogP contribution >= 0.6 is 22.9 Å². The van der Waals surface area contributed by atoms with E-state index in [2.05, 4.69) is 42.8 Å². The monoisotopic (exact) mass is 899 g/mol. The molecule has 3 aromatic heterocycles. The fourth-order valence-electron chi connectivity index (χ4n) is 8.35. The highest BCUT2D eigenvalue weighted by Gasteiger charge is 2.29. The maximum atomic E-state index is 14.3. The number of para-hydroxylation sites is 1. The number of halogens is 2. The molecule has 4 aromatic carbocycles. The second-order valence-electron chi connectivity index (χ2n) is 16.2. The number of rotatable bonds is 10. The predicted octanol–water partition coefficient (Wildman–Crippen LogP) is 8.81. The van der Waals surface area contributed by atoms with Crippen molar-refractivity contribution in [3.8, 4) is 50.3 Å². The third-order valence-electron chi connectivity index (χ3n) is 12.0. The van der Waals surface area contributed by atoms with Gasteiger partial charge in [0.05, 0.1) is 28.8 Å². The summed E-state index contributed by atoms with van der Waals surface area (Å²) in [7, 11) is 3.77. The summed E-state index contributed by atoms with van der Waals surface area (Å²) in [5.41, 5.74) is 7.19. The van der Waals surface area contributed by atoms with Gasteiger partial charge in [-0.1, -0.05) is 60.1 Å². The molecule has 12 nitrogen and oxygen atoms in total. The summed E-state index contributed by atoms with van der Waals surface area (Å²) in [4.78, 5) is 40.4. The lowest BCUT2D eigenvalue weighted by Gasteiger charge is -2.34. The van der Waals surface area contributed by atoms with Gasteiger partial charge in [0.25, 0.3) is 0 Å². The van der Waals surface area contributed by atoms with Gasteiger partial charge in [-0.25, -0.2) is 29.1 Å². The number of hydrogen-bond donors (Lipinski definition) is 1. The van der Waals surface area contributed by atoms with Gasteiger partial charge in [0.1, 0.15) is 35.1 Å². The van der Waals surface area contributed by atoms with Crippen molar-refractivity contribution in [1.82, 2.24) is 34.6 Å². The van der Waals surface area contributed by atoms with E-state index < -0.39 is 12.1 Å². The standard InChI is InChI=1S/C49H47ClFN7O5S/c1-30-33-11-14-38(44(30)50)42-43-47(53-29-54-48(43)64-45(42)32-9-12-35(51)13-10-32)63-41(49(59)60)25-34-24-31(26-58(27-33)23-22-57-20-18-56(2)19-21-57)8-15-39(34)62-28-36-16-17-52-46(55-36)37-6-4-5-7-40(37)61-3/h4-17,24,29,41H,18-23,25-28H2,1-3H3,(H,59,60)/t41-/m1/s1. The van der Waals surface area contributed by atoms with Gasteiger partial charge >= 0.3 is 5.97 Å². The first-order valence-electron chi connectivity index (χ1n) is 21.2. The second kappa shape index (κ2) is 19.0. The third kappa shape index (κ3) is 9.28. The van der Waals surface area contributed by atoms with Crippen molar-refractivity contribution in [3.05, 3.63) is 136 Å². The zero-order chi connectivity index (χ0) is 44.3. The van der Waals surface area contributed by atoms with Gasteiger partial charge in [-0.15, -0.1) is 11.3 Å². The number of hydrogen-bond acceptors (Lipinski definition) is 12. The van der Waals surface area contributed by atoms with E-state index in [1.165, 1.54) is 29.8 Å². The summed E-state index contributed by atoms with van der Waals surface area (Å²) in [5.74, 6) is 0.207. The molecule has 10 rings (SSSR count). The molecule has 0 amide bonds. The maximum absolute atomic E-state index is 14.3. The number of thiophene rings is 1. The van der Waals surface area contributed by atoms with Gasteiger partial charge in [-0.05, 0) is 78.2 Å². The van der Waals surface area contributed by atoms with Crippen molar-refractivity contribution >= 4 is 39.1 Å². The van der Waals surface area contributed by atoms with Gasteiger partial charge in [0.2, 0.25) is 12.0 Å². The Morgan fingerprint density at radius 2 is 1.70 bits per heavy atom. The molecule has 0 unspecified atom stereocenters. The predicted molar refractivity (Wildman–Crippen MR) is 247 cm³/mol. The highest BCUT2D eigenvalue weighted by Crippen LogP contribution is 2.49. The smallest absolute Gasteiger partial charge is 0.345 e. The molecule has 1 fully saturated rings. The molecule has 7 aromatic rings. The Bertz CT molecular complexity index is 2820. The molecule has 4 bridgehead atoms. The van der Waals surface area contributed by atoms with E-state index in [-0.39, 0.29) is 24.7 Å². The zero-order valence-electron chi connectivity index (χ0n) is 35.8. The van der Waals surface area contributed by atoms with Crippen LogP contribution in [-0.4, -0.2) is 105 Å². The Balaban J connectivity index is 1.14. The third-order valence-corrected chi connectivity index (χ3v) is 13.6. The number of aliphatic carboxylic acids is 1. The number of benzene rings is 4. The molecule has 3 aliphatic rings. The minimum atomic E-state index is -1.38. The molecule has 0 spiro atoms. The minimum Gasteiger partial charge on any atom is -0.496 e. The van der Waals surface area contributed by atoms with Crippen molar-refractivity contribution in [2.24, 2.45) is 0 Å². The van der Waals surface area contributed by atoms with Crippen molar-refractivity contribution in [3.63, 3.8) is 0 Å². The van der Waals surface area contributed by atoms with Crippen LogP contribution in [0.5, 0.6) is 17.4 Å². The normalized spacial score (nSPS) is 16.2. The quantitative estimate of drug-likeness (QED) is 0.141. The molecule has 1 N–H and O–H groups in total. The Morgan fingerprint density at radius 3 is 2.50 bits per heavy atom. The fourth-order valence-corrected chi connectivity index (χ4v) is 9.78. The topological polar surface area (TPSA) is 126 Å². The van der Waals surface area contributed by atoms with E-state index in [0.29, 0.717) is 62.5 Å². The van der Waals surface area contributed by atoms with Crippen LogP contribution in [0, 0.1) is 12.7 Å². The van der Waals surface area contributed by atoms with Crippen LogP contribution in [0.4, 0.5) is 4.39 Å². The number of carbonyl (C=O) groups is 1. The van der Waals surface area contributed by atoms with Crippen molar-refractivity contribution in [2.45, 2.75) is 39.1 Å². The number of carboxylic acids is 1. The average Bonchev–Trinajstić information content (AvgIpc) is 3.70. The molecule has 0 radical (unpaired) electrons. The maximum Gasteiger partial charge on any atom is 0.345 e. The molecule has 0 saturated carbocycles. The average molecular weight is 900 g/mol. The van der Waals surface area contributed by atoms with E-state index in [1.54, 1.807) is 31.5 Å². The van der Waals surface area contributed by atoms with Gasteiger partial charge in [0, 0.05) is 81.0 Å². The van der Waals surface area contributed by atoms with Crippen LogP contribution in [0.2, 0.25) is 5.02 Å². The molecule has 1 atom stereocenters. The summed E-state index contributed by atoms with van der Waals surface area (Å²) in [6.45, 7) is 9.07. The fraction of sp³-hybridized carbons (Fsp3) is 0.286. The summed E-state index contributed by atoms with van der Waals surface area (Å²) < 4.78 is 32.8. The first kappa shape index (κ1) is 43.2. The van der Waals surface area contributed by atoms with Crippen molar-refractivity contribution in [2.75, 3.05) is 53.4 Å². The van der Waals surface area contributed by atoms with E-state index in [4.69, 9.17) is 30.8 Å². The molecule has 328 valence electrons. The Morgan fingerprint density at radius 1 is 0.906 bits per heavy atom. The lowest BCUT2D eigenvalue weighted by molar-refractivity contribution is -0.145. The van der Waals surface area contributed by atoms with Crippen LogP contribution in [0.1, 0.15) is 27.9 Å². The highest BCUT2D eigenvalue weighted by atomic mass is 35.5. The van der Waals surface area contributed by atoms with Crippen LogP contribution in [0.25, 0.3) is 43.2 Å². The van der Waals surface area contributed by atoms with Crippen molar-refractivity contribution < 1.29 is 28.5 Å². The molecular formula is C49H47ClFN7O5S. The number of likely N-dealkylation sites (N-methyl/N-ethyl adjacent to an activating group) is 1. The van der Waals surface area contributed by atoms with E-state index in [0.717, 1.165) is 77.5 Å². The number of ether oxygens (including phenoxy) is 3. The van der Waals surface area contributed by atoms with Gasteiger partial charge in [-0.3, -0.25) is 9.80 Å². The lowest BCUT2D eigenvalue weighted by Crippen LogP contribution is -2.46. The number of piperazine rings is 1. The van der Waals surface area contributed by atoms with Gasteiger partial charge in [0.15, 0.2) is 5.82 Å². The zero-order valence-corrected chi connectivity index (χ0v) is 37.3. The number of carboxylic acid groups (broad SMARTS) is 1. The molecular weight excluding hydrogens is 853 g/mol. The van der Waals surface area contributed by atoms with E-state index in [1.807, 2.05) is 55.5 Å². The van der Waals surface area contributed by atoms with Crippen LogP contribution in [0.15, 0.2) is 97.5 Å². The highest BCUT2D eigenvalue weighted by molar-refractivity contribution is 7.22. The number of aromatic nitrogens is 4. The SMILES string of the molecule is COc1ccccc1-c1nccc(COc2ccc3cc2C[C@H](C(=O)O)Oc2ncnc4sc(-c5ccc(F)cc5)c(c24)-c2ccc(c(C)c2Cl)CN(CCN2CCN(C)CC2)C3)n1. The Kier molecular flexibility index (Phi) is 12.8. The van der Waals surface area contributed by atoms with Crippen LogP contribution < -0.4 is 14.2 Å². The Hall–Kier alpha value is -6.03. The summed E-state index contributed by atoms with van der Waals surface area (Å²) in [5, 5.41) is 11.9. The van der Waals surface area contributed by atoms with Gasteiger partial charge < -0.3 is 24.2 Å². The lowest BCUT2D eigenvalue weighted by atomic mass is 9.95. The minimum absolute atomic E-state index is 0.0422. The number of nitrogens with zero attached hydrogens (tertiary/aromatic N) is 7. The number of methoxy groups -OCH3 is 1. The van der Waals surface area contributed by atoms with Crippen molar-refractivity contribution in [1.29, 1.82) is 0 Å². The Labute approximate surface area is 379 Å². The first-order valence-corrected chi connectivity index (χ1v) is 22.4.